The molecule has 2 aromatic heterocycles. The SMILES string of the molecule is N#Cc1nccn1Cc1ccns1. The van der Waals surface area contributed by atoms with Gasteiger partial charge in [0.1, 0.15) is 6.07 Å². The molecule has 2 heterocycles. The zero-order valence-corrected chi connectivity index (χ0v) is 7.53. The molecule has 0 bridgehead atoms. The Morgan fingerprint density at radius 1 is 1.54 bits per heavy atom. The summed E-state index contributed by atoms with van der Waals surface area (Å²) in [7, 11) is 0. The Balaban J connectivity index is 2.24. The van der Waals surface area contributed by atoms with Crippen molar-refractivity contribution in [1.29, 1.82) is 5.26 Å². The monoisotopic (exact) mass is 190 g/mol. The first kappa shape index (κ1) is 7.95. The van der Waals surface area contributed by atoms with Crippen molar-refractivity contribution in [3.63, 3.8) is 0 Å². The highest BCUT2D eigenvalue weighted by Gasteiger charge is 2.02. The molecule has 0 aliphatic carbocycles. The second kappa shape index (κ2) is 3.37. The van der Waals surface area contributed by atoms with Crippen LogP contribution in [0, 0.1) is 11.3 Å². The second-order valence-corrected chi connectivity index (χ2v) is 3.39. The third kappa shape index (κ3) is 1.58. The van der Waals surface area contributed by atoms with Gasteiger partial charge in [0.25, 0.3) is 0 Å². The number of imidazole rings is 1. The van der Waals surface area contributed by atoms with Crippen LogP contribution < -0.4 is 0 Å². The largest absolute Gasteiger partial charge is 0.317 e. The summed E-state index contributed by atoms with van der Waals surface area (Å²) in [5, 5.41) is 8.69. The smallest absolute Gasteiger partial charge is 0.213 e. The first-order chi connectivity index (χ1) is 6.40. The lowest BCUT2D eigenvalue weighted by Gasteiger charge is -1.98. The fourth-order valence-electron chi connectivity index (χ4n) is 1.04. The lowest BCUT2D eigenvalue weighted by Crippen LogP contribution is -1.99. The van der Waals surface area contributed by atoms with E-state index in [2.05, 4.69) is 9.36 Å². The van der Waals surface area contributed by atoms with E-state index in [1.165, 1.54) is 11.5 Å². The molecular weight excluding hydrogens is 184 g/mol. The van der Waals surface area contributed by atoms with Crippen molar-refractivity contribution in [3.8, 4) is 6.07 Å². The summed E-state index contributed by atoms with van der Waals surface area (Å²) in [5.41, 5.74) is 0. The van der Waals surface area contributed by atoms with E-state index in [4.69, 9.17) is 5.26 Å². The Morgan fingerprint density at radius 3 is 3.15 bits per heavy atom. The van der Waals surface area contributed by atoms with Crippen LogP contribution in [0.5, 0.6) is 0 Å². The predicted octanol–water partition coefficient (Wildman–Crippen LogP) is 1.26. The van der Waals surface area contributed by atoms with Crippen LogP contribution in [0.15, 0.2) is 24.7 Å². The summed E-state index contributed by atoms with van der Waals surface area (Å²) >= 11 is 1.43. The molecule has 0 N–H and O–H groups in total. The molecular formula is C8H6N4S. The summed E-state index contributed by atoms with van der Waals surface area (Å²) in [6.45, 7) is 0.674. The molecule has 0 radical (unpaired) electrons. The zero-order valence-electron chi connectivity index (χ0n) is 6.71. The van der Waals surface area contributed by atoms with E-state index in [0.29, 0.717) is 12.4 Å². The fraction of sp³-hybridized carbons (Fsp3) is 0.125. The molecule has 0 aliphatic heterocycles. The molecule has 13 heavy (non-hydrogen) atoms. The number of hydrogen-bond acceptors (Lipinski definition) is 4. The van der Waals surface area contributed by atoms with Gasteiger partial charge in [0.05, 0.1) is 6.54 Å². The van der Waals surface area contributed by atoms with Crippen LogP contribution in [-0.4, -0.2) is 13.9 Å². The third-order valence-electron chi connectivity index (χ3n) is 1.63. The Hall–Kier alpha value is -1.67. The van der Waals surface area contributed by atoms with E-state index in [9.17, 15) is 0 Å². The summed E-state index contributed by atoms with van der Waals surface area (Å²) in [6.07, 6.45) is 5.17. The minimum Gasteiger partial charge on any atom is -0.317 e. The number of hydrogen-bond donors (Lipinski definition) is 0. The molecule has 0 aliphatic rings. The normalized spacial score (nSPS) is 9.77. The molecule has 0 saturated heterocycles. The van der Waals surface area contributed by atoms with Gasteiger partial charge in [0.2, 0.25) is 5.82 Å². The van der Waals surface area contributed by atoms with Crippen molar-refractivity contribution < 1.29 is 0 Å². The van der Waals surface area contributed by atoms with Gasteiger partial charge < -0.3 is 4.57 Å². The van der Waals surface area contributed by atoms with E-state index in [0.717, 1.165) is 4.88 Å². The average Bonchev–Trinajstić information content (AvgIpc) is 2.76. The molecule has 0 amide bonds. The lowest BCUT2D eigenvalue weighted by atomic mass is 10.5. The minimum atomic E-state index is 0.438. The molecule has 4 nitrogen and oxygen atoms in total. The summed E-state index contributed by atoms with van der Waals surface area (Å²) in [5.74, 6) is 0.438. The van der Waals surface area contributed by atoms with Gasteiger partial charge in [-0.2, -0.15) is 5.26 Å². The molecule has 2 aromatic rings. The van der Waals surface area contributed by atoms with Gasteiger partial charge in [-0.3, -0.25) is 0 Å². The topological polar surface area (TPSA) is 54.5 Å². The van der Waals surface area contributed by atoms with Crippen LogP contribution in [0.25, 0.3) is 0 Å². The molecule has 0 aromatic carbocycles. The van der Waals surface area contributed by atoms with Crippen molar-refractivity contribution in [1.82, 2.24) is 13.9 Å². The number of aromatic nitrogens is 3. The van der Waals surface area contributed by atoms with Crippen LogP contribution in [0.4, 0.5) is 0 Å². The fourth-order valence-corrected chi connectivity index (χ4v) is 1.62. The van der Waals surface area contributed by atoms with E-state index < -0.39 is 0 Å². The minimum absolute atomic E-state index is 0.438. The molecule has 2 rings (SSSR count). The van der Waals surface area contributed by atoms with E-state index in [1.54, 1.807) is 23.2 Å². The highest BCUT2D eigenvalue weighted by molar-refractivity contribution is 7.05. The standard InChI is InChI=1S/C8H6N4S/c9-5-8-10-3-4-12(8)6-7-1-2-11-13-7/h1-4H,6H2. The second-order valence-electron chi connectivity index (χ2n) is 2.47. The number of rotatable bonds is 2. The Morgan fingerprint density at radius 2 is 2.46 bits per heavy atom. The van der Waals surface area contributed by atoms with Crippen molar-refractivity contribution in [2.75, 3.05) is 0 Å². The lowest BCUT2D eigenvalue weighted by molar-refractivity contribution is 0.794. The number of nitriles is 1. The summed E-state index contributed by atoms with van der Waals surface area (Å²) in [4.78, 5) is 5.02. The highest BCUT2D eigenvalue weighted by atomic mass is 32.1. The van der Waals surface area contributed by atoms with Crippen LogP contribution in [0.1, 0.15) is 10.7 Å². The molecule has 0 fully saturated rings. The molecule has 0 saturated carbocycles. The van der Waals surface area contributed by atoms with E-state index in [1.807, 2.05) is 12.1 Å². The van der Waals surface area contributed by atoms with Crippen LogP contribution >= 0.6 is 11.5 Å². The van der Waals surface area contributed by atoms with Crippen LogP contribution in [-0.2, 0) is 6.54 Å². The van der Waals surface area contributed by atoms with Gasteiger partial charge in [-0.1, -0.05) is 0 Å². The number of nitrogens with zero attached hydrogens (tertiary/aromatic N) is 4. The van der Waals surface area contributed by atoms with Gasteiger partial charge in [-0.15, -0.1) is 0 Å². The van der Waals surface area contributed by atoms with Crippen molar-refractivity contribution in [2.45, 2.75) is 6.54 Å². The molecule has 5 heteroatoms. The van der Waals surface area contributed by atoms with Gasteiger partial charge in [0.15, 0.2) is 0 Å². The molecule has 0 spiro atoms. The Labute approximate surface area is 79.3 Å². The molecule has 0 unspecified atom stereocenters. The van der Waals surface area contributed by atoms with Crippen molar-refractivity contribution in [3.05, 3.63) is 35.4 Å². The maximum Gasteiger partial charge on any atom is 0.213 e. The zero-order chi connectivity index (χ0) is 9.10. The van der Waals surface area contributed by atoms with E-state index >= 15 is 0 Å². The Kier molecular flexibility index (Phi) is 2.06. The van der Waals surface area contributed by atoms with Gasteiger partial charge in [0, 0.05) is 23.5 Å². The van der Waals surface area contributed by atoms with Crippen molar-refractivity contribution in [2.24, 2.45) is 0 Å². The maximum atomic E-state index is 8.69. The van der Waals surface area contributed by atoms with Crippen molar-refractivity contribution >= 4 is 11.5 Å². The molecule has 0 atom stereocenters. The van der Waals surface area contributed by atoms with Gasteiger partial charge in [-0.25, -0.2) is 9.36 Å². The van der Waals surface area contributed by atoms with Crippen LogP contribution in [0.3, 0.4) is 0 Å². The van der Waals surface area contributed by atoms with Crippen LogP contribution in [0.2, 0.25) is 0 Å². The average molecular weight is 190 g/mol. The summed E-state index contributed by atoms with van der Waals surface area (Å²) < 4.78 is 5.78. The first-order valence-electron chi connectivity index (χ1n) is 3.71. The third-order valence-corrected chi connectivity index (χ3v) is 2.36. The maximum absolute atomic E-state index is 8.69. The quantitative estimate of drug-likeness (QED) is 0.716. The molecule has 64 valence electrons. The predicted molar refractivity (Wildman–Crippen MR) is 48.2 cm³/mol. The first-order valence-corrected chi connectivity index (χ1v) is 4.48. The van der Waals surface area contributed by atoms with Gasteiger partial charge >= 0.3 is 0 Å². The van der Waals surface area contributed by atoms with E-state index in [-0.39, 0.29) is 0 Å². The van der Waals surface area contributed by atoms with Gasteiger partial charge in [-0.05, 0) is 17.6 Å². The summed E-state index contributed by atoms with van der Waals surface area (Å²) in [6, 6.07) is 3.96. The highest BCUT2D eigenvalue weighted by Crippen LogP contribution is 2.08. The Bertz CT molecular complexity index is 423.